The molecule has 1 amide bonds. The molecule has 9 heteroatoms. The summed E-state index contributed by atoms with van der Waals surface area (Å²) in [6, 6.07) is 0.335. The van der Waals surface area contributed by atoms with Gasteiger partial charge in [0.1, 0.15) is 10.7 Å². The van der Waals surface area contributed by atoms with Gasteiger partial charge in [0, 0.05) is 10.9 Å². The van der Waals surface area contributed by atoms with Crippen LogP contribution in [0.5, 0.6) is 0 Å². The predicted molar refractivity (Wildman–Crippen MR) is 112 cm³/mol. The Morgan fingerprint density at radius 1 is 1.30 bits per heavy atom. The van der Waals surface area contributed by atoms with Crippen LogP contribution >= 0.6 is 23.6 Å². The number of hydrazine groups is 1. The minimum absolute atomic E-state index is 0.0311. The van der Waals surface area contributed by atoms with E-state index >= 15 is 0 Å². The Hall–Kier alpha value is -2.00. The van der Waals surface area contributed by atoms with Gasteiger partial charge in [-0.2, -0.15) is 0 Å². The molecule has 0 saturated heterocycles. The number of rotatable bonds is 3. The number of carbonyl (C=O) groups excluding carboxylic acids is 1. The van der Waals surface area contributed by atoms with Crippen LogP contribution in [0.1, 0.15) is 48.9 Å². The number of aromatic nitrogens is 2. The fourth-order valence-corrected chi connectivity index (χ4v) is 4.69. The number of H-pyrrole nitrogens is 1. The monoisotopic (exact) mass is 407 g/mol. The summed E-state index contributed by atoms with van der Waals surface area (Å²) in [7, 11) is 0. The largest absolute Gasteiger partial charge is 0.358 e. The average Bonchev–Trinajstić information content (AvgIpc) is 2.89. The van der Waals surface area contributed by atoms with Gasteiger partial charge in [0.15, 0.2) is 5.11 Å². The number of amides is 1. The zero-order valence-corrected chi connectivity index (χ0v) is 17.4. The molecule has 2 atom stereocenters. The lowest BCUT2D eigenvalue weighted by atomic mass is 9.86. The molecule has 27 heavy (non-hydrogen) atoms. The van der Waals surface area contributed by atoms with E-state index in [1.165, 1.54) is 30.6 Å². The molecule has 0 spiro atoms. The molecule has 0 radical (unpaired) electrons. The number of carbonyl (C=O) groups is 1. The van der Waals surface area contributed by atoms with Gasteiger partial charge >= 0.3 is 0 Å². The number of hydrogen-bond acceptors (Lipinski definition) is 5. The van der Waals surface area contributed by atoms with Gasteiger partial charge in [0.2, 0.25) is 5.91 Å². The van der Waals surface area contributed by atoms with Crippen molar-refractivity contribution in [1.82, 2.24) is 26.1 Å². The summed E-state index contributed by atoms with van der Waals surface area (Å²) in [6.45, 7) is 6.07. The van der Waals surface area contributed by atoms with E-state index in [-0.39, 0.29) is 17.9 Å². The van der Waals surface area contributed by atoms with E-state index in [1.807, 2.05) is 13.8 Å². The second-order valence-corrected chi connectivity index (χ2v) is 8.78. The Kier molecular flexibility index (Phi) is 6.11. The van der Waals surface area contributed by atoms with Crippen molar-refractivity contribution in [3.8, 4) is 0 Å². The SMILES string of the molecule is Cc1sc2nc(CC(=O)NNC(=S)N[C@H]3CCCC[C@@H]3C)[nH]c(=O)c2c1C. The topological polar surface area (TPSA) is 98.9 Å². The highest BCUT2D eigenvalue weighted by Crippen LogP contribution is 2.25. The number of nitrogens with zero attached hydrogens (tertiary/aromatic N) is 1. The molecule has 1 aliphatic carbocycles. The van der Waals surface area contributed by atoms with E-state index in [0.29, 0.717) is 33.1 Å². The van der Waals surface area contributed by atoms with E-state index in [1.54, 1.807) is 0 Å². The van der Waals surface area contributed by atoms with Crippen LogP contribution in [0.25, 0.3) is 10.2 Å². The highest BCUT2D eigenvalue weighted by molar-refractivity contribution is 7.80. The van der Waals surface area contributed by atoms with Crippen molar-refractivity contribution in [1.29, 1.82) is 0 Å². The first-order chi connectivity index (χ1) is 12.8. The summed E-state index contributed by atoms with van der Waals surface area (Å²) in [5.74, 6) is 0.587. The van der Waals surface area contributed by atoms with Crippen LogP contribution in [-0.4, -0.2) is 27.0 Å². The van der Waals surface area contributed by atoms with Crippen LogP contribution in [0.4, 0.5) is 0 Å². The number of hydrogen-bond donors (Lipinski definition) is 4. The third kappa shape index (κ3) is 4.65. The van der Waals surface area contributed by atoms with Gasteiger partial charge in [-0.1, -0.05) is 19.8 Å². The van der Waals surface area contributed by atoms with Gasteiger partial charge < -0.3 is 10.3 Å². The first-order valence-corrected chi connectivity index (χ1v) is 10.4. The zero-order chi connectivity index (χ0) is 19.6. The first-order valence-electron chi connectivity index (χ1n) is 9.19. The second kappa shape index (κ2) is 8.35. The Morgan fingerprint density at radius 3 is 2.78 bits per heavy atom. The fourth-order valence-electron chi connectivity index (χ4n) is 3.44. The lowest BCUT2D eigenvalue weighted by Gasteiger charge is -2.30. The summed E-state index contributed by atoms with van der Waals surface area (Å²) >= 11 is 6.73. The van der Waals surface area contributed by atoms with E-state index < -0.39 is 0 Å². The van der Waals surface area contributed by atoms with Gasteiger partial charge in [0.05, 0.1) is 11.8 Å². The van der Waals surface area contributed by atoms with Crippen molar-refractivity contribution in [2.24, 2.45) is 5.92 Å². The smallest absolute Gasteiger partial charge is 0.259 e. The van der Waals surface area contributed by atoms with Gasteiger partial charge in [-0.3, -0.25) is 20.4 Å². The lowest BCUT2D eigenvalue weighted by Crippen LogP contribution is -2.52. The Labute approximate surface area is 167 Å². The van der Waals surface area contributed by atoms with E-state index in [9.17, 15) is 9.59 Å². The van der Waals surface area contributed by atoms with Crippen molar-refractivity contribution in [3.63, 3.8) is 0 Å². The van der Waals surface area contributed by atoms with Crippen LogP contribution in [0.2, 0.25) is 0 Å². The maximum atomic E-state index is 12.3. The maximum Gasteiger partial charge on any atom is 0.259 e. The average molecular weight is 408 g/mol. The van der Waals surface area contributed by atoms with Crippen LogP contribution in [0.15, 0.2) is 4.79 Å². The summed E-state index contributed by atoms with van der Waals surface area (Å²) in [4.78, 5) is 33.3. The molecule has 7 nitrogen and oxygen atoms in total. The third-order valence-electron chi connectivity index (χ3n) is 5.16. The van der Waals surface area contributed by atoms with Crippen LogP contribution in [0, 0.1) is 19.8 Å². The molecule has 1 fully saturated rings. The van der Waals surface area contributed by atoms with E-state index in [2.05, 4.69) is 33.1 Å². The second-order valence-electron chi connectivity index (χ2n) is 7.17. The maximum absolute atomic E-state index is 12.3. The molecule has 0 bridgehead atoms. The molecule has 0 unspecified atom stereocenters. The molecule has 146 valence electrons. The van der Waals surface area contributed by atoms with Gasteiger partial charge in [-0.05, 0) is 50.4 Å². The number of thiophene rings is 1. The number of fused-ring (bicyclic) bond motifs is 1. The van der Waals surface area contributed by atoms with Crippen LogP contribution in [0.3, 0.4) is 0 Å². The van der Waals surface area contributed by atoms with Crippen molar-refractivity contribution in [2.45, 2.75) is 58.9 Å². The molecule has 1 aliphatic rings. The minimum Gasteiger partial charge on any atom is -0.358 e. The minimum atomic E-state index is -0.316. The van der Waals surface area contributed by atoms with Crippen LogP contribution in [-0.2, 0) is 11.2 Å². The summed E-state index contributed by atoms with van der Waals surface area (Å²) < 4.78 is 0. The number of aryl methyl sites for hydroxylation is 2. The van der Waals surface area contributed by atoms with Crippen molar-refractivity contribution < 1.29 is 4.79 Å². The molecule has 0 aromatic carbocycles. The summed E-state index contributed by atoms with van der Waals surface area (Å²) in [5, 5.41) is 4.27. The predicted octanol–water partition coefficient (Wildman–Crippen LogP) is 2.22. The number of thiocarbonyl (C=S) groups is 1. The Bertz CT molecular complexity index is 920. The molecular formula is C18H25N5O2S2. The van der Waals surface area contributed by atoms with Crippen molar-refractivity contribution in [3.05, 3.63) is 26.6 Å². The van der Waals surface area contributed by atoms with Gasteiger partial charge in [0.25, 0.3) is 5.56 Å². The van der Waals surface area contributed by atoms with Gasteiger partial charge in [-0.25, -0.2) is 4.98 Å². The molecule has 3 rings (SSSR count). The highest BCUT2D eigenvalue weighted by atomic mass is 32.1. The van der Waals surface area contributed by atoms with Gasteiger partial charge in [-0.15, -0.1) is 11.3 Å². The lowest BCUT2D eigenvalue weighted by molar-refractivity contribution is -0.121. The normalized spacial score (nSPS) is 19.7. The molecule has 2 aromatic heterocycles. The quantitative estimate of drug-likeness (QED) is 0.460. The third-order valence-corrected chi connectivity index (χ3v) is 6.48. The van der Waals surface area contributed by atoms with E-state index in [4.69, 9.17) is 12.2 Å². The first kappa shape index (κ1) is 19.8. The highest BCUT2D eigenvalue weighted by Gasteiger charge is 2.21. The number of nitrogens with one attached hydrogen (secondary N) is 4. The van der Waals surface area contributed by atoms with Crippen LogP contribution < -0.4 is 21.7 Å². The molecule has 0 aliphatic heterocycles. The molecular weight excluding hydrogens is 382 g/mol. The molecule has 4 N–H and O–H groups in total. The summed E-state index contributed by atoms with van der Waals surface area (Å²) in [6.07, 6.45) is 4.70. The molecule has 2 heterocycles. The zero-order valence-electron chi connectivity index (χ0n) is 15.8. The van der Waals surface area contributed by atoms with Crippen molar-refractivity contribution >= 4 is 44.8 Å². The fraction of sp³-hybridized carbons (Fsp3) is 0.556. The number of aromatic amines is 1. The molecule has 2 aromatic rings. The standard InChI is InChI=1S/C18H25N5O2S2/c1-9-6-4-5-7-12(9)19-18(26)23-22-14(24)8-13-20-16(25)15-10(2)11(3)27-17(15)21-13/h9,12H,4-8H2,1-3H3,(H,22,24)(H2,19,23,26)(H,20,21,25)/t9-,12-/m0/s1. The molecule has 1 saturated carbocycles. The Morgan fingerprint density at radius 2 is 2.04 bits per heavy atom. The Balaban J connectivity index is 1.55. The summed E-state index contributed by atoms with van der Waals surface area (Å²) in [5.41, 5.74) is 6.04. The van der Waals surface area contributed by atoms with E-state index in [0.717, 1.165) is 16.9 Å². The van der Waals surface area contributed by atoms with Crippen molar-refractivity contribution in [2.75, 3.05) is 0 Å².